The minimum absolute atomic E-state index is 0.0793. The summed E-state index contributed by atoms with van der Waals surface area (Å²) in [4.78, 5) is 23.8. The lowest BCUT2D eigenvalue weighted by molar-refractivity contribution is -0.385. The Hall–Kier alpha value is -2.31. The van der Waals surface area contributed by atoms with E-state index in [1.165, 1.54) is 11.0 Å². The van der Waals surface area contributed by atoms with Crippen LogP contribution in [0.25, 0.3) is 0 Å². The zero-order valence-electron chi connectivity index (χ0n) is 12.8. The van der Waals surface area contributed by atoms with Gasteiger partial charge in [-0.1, -0.05) is 6.92 Å². The Morgan fingerprint density at radius 1 is 1.48 bits per heavy atom. The third-order valence-electron chi connectivity index (χ3n) is 2.81. The van der Waals surface area contributed by atoms with E-state index in [1.807, 2.05) is 6.92 Å². The number of hydrogen-bond acceptors (Lipinski definition) is 5. The molecule has 0 saturated heterocycles. The van der Waals surface area contributed by atoms with E-state index < -0.39 is 11.0 Å². The molecule has 1 amide bonds. The summed E-state index contributed by atoms with van der Waals surface area (Å²) in [5.41, 5.74) is 0.523. The molecule has 0 aliphatic heterocycles. The molecule has 0 radical (unpaired) electrons. The van der Waals surface area contributed by atoms with Crippen LogP contribution >= 0.6 is 0 Å². The molecule has 0 aromatic heterocycles. The number of nitro groups is 1. The van der Waals surface area contributed by atoms with E-state index in [4.69, 9.17) is 4.74 Å². The third kappa shape index (κ3) is 4.62. The summed E-state index contributed by atoms with van der Waals surface area (Å²) >= 11 is 0. The number of carbonyl (C=O) groups is 1. The maximum atomic E-state index is 11.8. The number of nitro benzene ring substituents is 1. The fourth-order valence-electron chi connectivity index (χ4n) is 1.78. The SMILES string of the molecule is CCCOc1cc(NC(C)C(=O)N(C)C)ccc1[N+](=O)[O-]. The number of amides is 1. The summed E-state index contributed by atoms with van der Waals surface area (Å²) in [7, 11) is 3.35. The van der Waals surface area contributed by atoms with Crippen LogP contribution in [0.4, 0.5) is 11.4 Å². The number of nitrogens with zero attached hydrogens (tertiary/aromatic N) is 2. The standard InChI is InChI=1S/C14H21N3O4/c1-5-8-21-13-9-11(6-7-12(13)17(19)20)15-10(2)14(18)16(3)4/h6-7,9-10,15H,5,8H2,1-4H3. The van der Waals surface area contributed by atoms with Gasteiger partial charge in [0.2, 0.25) is 5.91 Å². The molecule has 0 aliphatic rings. The topological polar surface area (TPSA) is 84.7 Å². The molecule has 21 heavy (non-hydrogen) atoms. The lowest BCUT2D eigenvalue weighted by Gasteiger charge is -2.19. The molecule has 1 aromatic carbocycles. The molecule has 0 heterocycles. The number of likely N-dealkylation sites (N-methyl/N-ethyl adjacent to an activating group) is 1. The molecule has 1 N–H and O–H groups in total. The molecule has 1 aromatic rings. The highest BCUT2D eigenvalue weighted by Gasteiger charge is 2.18. The smallest absolute Gasteiger partial charge is 0.311 e. The zero-order valence-corrected chi connectivity index (χ0v) is 12.8. The third-order valence-corrected chi connectivity index (χ3v) is 2.81. The summed E-state index contributed by atoms with van der Waals surface area (Å²) in [5.74, 6) is 0.126. The molecule has 0 fully saturated rings. The van der Waals surface area contributed by atoms with E-state index in [0.717, 1.165) is 6.42 Å². The van der Waals surface area contributed by atoms with Crippen LogP contribution in [0.3, 0.4) is 0 Å². The molecule has 7 nitrogen and oxygen atoms in total. The Kier molecular flexibility index (Phi) is 5.95. The number of rotatable bonds is 7. The van der Waals surface area contributed by atoms with Crippen LogP contribution in [-0.2, 0) is 4.79 Å². The Balaban J connectivity index is 2.94. The number of benzene rings is 1. The molecule has 1 unspecified atom stereocenters. The van der Waals surface area contributed by atoms with Crippen molar-refractivity contribution in [3.8, 4) is 5.75 Å². The molecule has 0 spiro atoms. The predicted molar refractivity (Wildman–Crippen MR) is 80.7 cm³/mol. The van der Waals surface area contributed by atoms with Gasteiger partial charge in [-0.2, -0.15) is 0 Å². The van der Waals surface area contributed by atoms with Crippen molar-refractivity contribution < 1.29 is 14.5 Å². The molecule has 116 valence electrons. The monoisotopic (exact) mass is 295 g/mol. The zero-order chi connectivity index (χ0) is 16.0. The van der Waals surface area contributed by atoms with Crippen LogP contribution in [0.1, 0.15) is 20.3 Å². The summed E-state index contributed by atoms with van der Waals surface area (Å²) in [6.07, 6.45) is 0.754. The van der Waals surface area contributed by atoms with Crippen molar-refractivity contribution in [3.63, 3.8) is 0 Å². The Morgan fingerprint density at radius 3 is 2.67 bits per heavy atom. The first-order valence-electron chi connectivity index (χ1n) is 6.75. The molecular weight excluding hydrogens is 274 g/mol. The highest BCUT2D eigenvalue weighted by Crippen LogP contribution is 2.30. The average molecular weight is 295 g/mol. The molecule has 1 atom stereocenters. The lowest BCUT2D eigenvalue weighted by atomic mass is 10.2. The maximum absolute atomic E-state index is 11.8. The number of anilines is 1. The van der Waals surface area contributed by atoms with Crippen molar-refractivity contribution in [2.45, 2.75) is 26.3 Å². The largest absolute Gasteiger partial charge is 0.487 e. The van der Waals surface area contributed by atoms with E-state index in [2.05, 4.69) is 5.32 Å². The highest BCUT2D eigenvalue weighted by molar-refractivity contribution is 5.84. The van der Waals surface area contributed by atoms with Gasteiger partial charge in [-0.25, -0.2) is 0 Å². The van der Waals surface area contributed by atoms with Crippen LogP contribution in [0.5, 0.6) is 5.75 Å². The quantitative estimate of drug-likeness (QED) is 0.616. The molecule has 7 heteroatoms. The van der Waals surface area contributed by atoms with Crippen LogP contribution in [0.2, 0.25) is 0 Å². The van der Waals surface area contributed by atoms with E-state index in [1.54, 1.807) is 33.2 Å². The van der Waals surface area contributed by atoms with Crippen LogP contribution in [-0.4, -0.2) is 42.5 Å². The lowest BCUT2D eigenvalue weighted by Crippen LogP contribution is -2.36. The van der Waals surface area contributed by atoms with E-state index in [0.29, 0.717) is 12.3 Å². The Bertz CT molecular complexity index is 517. The molecule has 0 saturated carbocycles. The number of carbonyl (C=O) groups excluding carboxylic acids is 1. The summed E-state index contributed by atoms with van der Waals surface area (Å²) in [6.45, 7) is 4.05. The van der Waals surface area contributed by atoms with Gasteiger partial charge in [-0.05, 0) is 19.4 Å². The minimum atomic E-state index is -0.483. The Labute approximate surface area is 124 Å². The average Bonchev–Trinajstić information content (AvgIpc) is 2.43. The van der Waals surface area contributed by atoms with Crippen molar-refractivity contribution in [1.29, 1.82) is 0 Å². The van der Waals surface area contributed by atoms with Gasteiger partial charge >= 0.3 is 5.69 Å². The Morgan fingerprint density at radius 2 is 2.14 bits per heavy atom. The van der Waals surface area contributed by atoms with E-state index in [9.17, 15) is 14.9 Å². The minimum Gasteiger partial charge on any atom is -0.487 e. The summed E-state index contributed by atoms with van der Waals surface area (Å²) < 4.78 is 5.40. The van der Waals surface area contributed by atoms with Gasteiger partial charge in [0.05, 0.1) is 11.5 Å². The number of nitrogens with one attached hydrogen (secondary N) is 1. The highest BCUT2D eigenvalue weighted by atomic mass is 16.6. The number of ether oxygens (including phenoxy) is 1. The van der Waals surface area contributed by atoms with Gasteiger partial charge in [0.15, 0.2) is 5.75 Å². The van der Waals surface area contributed by atoms with Gasteiger partial charge < -0.3 is 15.0 Å². The fraction of sp³-hybridized carbons (Fsp3) is 0.500. The first-order chi connectivity index (χ1) is 9.86. The molecule has 1 rings (SSSR count). The van der Waals surface area contributed by atoms with Crippen LogP contribution in [0, 0.1) is 10.1 Å². The number of hydrogen-bond donors (Lipinski definition) is 1. The van der Waals surface area contributed by atoms with Crippen molar-refractivity contribution in [2.75, 3.05) is 26.0 Å². The molecule has 0 aliphatic carbocycles. The van der Waals surface area contributed by atoms with Gasteiger partial charge in [0.25, 0.3) is 0 Å². The maximum Gasteiger partial charge on any atom is 0.311 e. The fourth-order valence-corrected chi connectivity index (χ4v) is 1.78. The predicted octanol–water partition coefficient (Wildman–Crippen LogP) is 2.27. The first-order valence-corrected chi connectivity index (χ1v) is 6.75. The van der Waals surface area contributed by atoms with Crippen molar-refractivity contribution in [3.05, 3.63) is 28.3 Å². The van der Waals surface area contributed by atoms with Crippen molar-refractivity contribution in [2.24, 2.45) is 0 Å². The second-order valence-electron chi connectivity index (χ2n) is 4.89. The normalized spacial score (nSPS) is 11.6. The summed E-state index contributed by atoms with van der Waals surface area (Å²) in [5, 5.41) is 14.0. The van der Waals surface area contributed by atoms with Crippen molar-refractivity contribution in [1.82, 2.24) is 4.90 Å². The summed E-state index contributed by atoms with van der Waals surface area (Å²) in [6, 6.07) is 4.06. The molecule has 0 bridgehead atoms. The van der Waals surface area contributed by atoms with Gasteiger partial charge in [0, 0.05) is 31.9 Å². The van der Waals surface area contributed by atoms with E-state index >= 15 is 0 Å². The van der Waals surface area contributed by atoms with E-state index in [-0.39, 0.29) is 17.3 Å². The van der Waals surface area contributed by atoms with Gasteiger partial charge in [-0.3, -0.25) is 14.9 Å². The van der Waals surface area contributed by atoms with Crippen LogP contribution in [0.15, 0.2) is 18.2 Å². The molecular formula is C14H21N3O4. The van der Waals surface area contributed by atoms with Crippen molar-refractivity contribution >= 4 is 17.3 Å². The second kappa shape index (κ2) is 7.47. The second-order valence-corrected chi connectivity index (χ2v) is 4.89. The van der Waals surface area contributed by atoms with Gasteiger partial charge in [0.1, 0.15) is 6.04 Å². The van der Waals surface area contributed by atoms with Gasteiger partial charge in [-0.15, -0.1) is 0 Å². The van der Waals surface area contributed by atoms with Crippen LogP contribution < -0.4 is 10.1 Å². The first kappa shape index (κ1) is 16.7.